The van der Waals surface area contributed by atoms with Gasteiger partial charge in [-0.05, 0) is 44.8 Å². The van der Waals surface area contributed by atoms with Gasteiger partial charge in [0, 0.05) is 13.1 Å². The van der Waals surface area contributed by atoms with Crippen LogP contribution in [0.2, 0.25) is 0 Å². The zero-order valence-electron chi connectivity index (χ0n) is 13.9. The summed E-state index contributed by atoms with van der Waals surface area (Å²) in [6, 6.07) is 7.86. The van der Waals surface area contributed by atoms with Crippen molar-refractivity contribution in [3.63, 3.8) is 0 Å². The molecule has 0 bridgehead atoms. The standard InChI is InChI=1S/C16H24N6O/c1-22(2)10-4-9-17-15-12-19-21-16(20-15)18-11-13-5-7-14(23-3)8-6-13/h5-8,12H,4,9-11H2,1-3H3,(H2,17,18,20,21). The van der Waals surface area contributed by atoms with Gasteiger partial charge in [-0.25, -0.2) is 0 Å². The van der Waals surface area contributed by atoms with E-state index in [1.165, 1.54) is 0 Å². The van der Waals surface area contributed by atoms with Gasteiger partial charge >= 0.3 is 0 Å². The van der Waals surface area contributed by atoms with Crippen LogP contribution in [0, 0.1) is 0 Å². The van der Waals surface area contributed by atoms with Gasteiger partial charge < -0.3 is 20.3 Å². The first-order valence-electron chi connectivity index (χ1n) is 7.62. The molecule has 0 fully saturated rings. The van der Waals surface area contributed by atoms with Crippen LogP contribution in [0.25, 0.3) is 0 Å². The van der Waals surface area contributed by atoms with Crippen molar-refractivity contribution in [2.45, 2.75) is 13.0 Å². The molecule has 2 N–H and O–H groups in total. The summed E-state index contributed by atoms with van der Waals surface area (Å²) in [6.45, 7) is 2.53. The van der Waals surface area contributed by atoms with Gasteiger partial charge in [-0.2, -0.15) is 10.1 Å². The number of ether oxygens (including phenoxy) is 1. The van der Waals surface area contributed by atoms with E-state index < -0.39 is 0 Å². The highest BCUT2D eigenvalue weighted by Crippen LogP contribution is 2.12. The fraction of sp³-hybridized carbons (Fsp3) is 0.438. The minimum atomic E-state index is 0.512. The number of hydrogen-bond acceptors (Lipinski definition) is 7. The maximum absolute atomic E-state index is 5.14. The largest absolute Gasteiger partial charge is 0.497 e. The number of aromatic nitrogens is 3. The number of benzene rings is 1. The third-order valence-corrected chi connectivity index (χ3v) is 3.26. The molecule has 7 heteroatoms. The van der Waals surface area contributed by atoms with Crippen molar-refractivity contribution < 1.29 is 4.74 Å². The summed E-state index contributed by atoms with van der Waals surface area (Å²) in [7, 11) is 5.78. The minimum Gasteiger partial charge on any atom is -0.497 e. The Kier molecular flexibility index (Phi) is 6.56. The van der Waals surface area contributed by atoms with Gasteiger partial charge in [-0.3, -0.25) is 0 Å². The number of anilines is 2. The van der Waals surface area contributed by atoms with Crippen molar-refractivity contribution in [3.05, 3.63) is 36.0 Å². The first kappa shape index (κ1) is 17.0. The Hall–Kier alpha value is -2.41. The maximum atomic E-state index is 5.14. The molecule has 23 heavy (non-hydrogen) atoms. The lowest BCUT2D eigenvalue weighted by atomic mass is 10.2. The van der Waals surface area contributed by atoms with Crippen molar-refractivity contribution in [3.8, 4) is 5.75 Å². The van der Waals surface area contributed by atoms with Gasteiger partial charge in [0.25, 0.3) is 0 Å². The fourth-order valence-electron chi connectivity index (χ4n) is 2.00. The smallest absolute Gasteiger partial charge is 0.244 e. The third-order valence-electron chi connectivity index (χ3n) is 3.26. The highest BCUT2D eigenvalue weighted by atomic mass is 16.5. The van der Waals surface area contributed by atoms with Crippen molar-refractivity contribution in [1.29, 1.82) is 0 Å². The average molecular weight is 316 g/mol. The van der Waals surface area contributed by atoms with E-state index in [1.54, 1.807) is 13.3 Å². The van der Waals surface area contributed by atoms with Gasteiger partial charge in [-0.15, -0.1) is 5.10 Å². The monoisotopic (exact) mass is 316 g/mol. The molecule has 0 radical (unpaired) electrons. The highest BCUT2D eigenvalue weighted by Gasteiger charge is 2.01. The van der Waals surface area contributed by atoms with E-state index >= 15 is 0 Å². The van der Waals surface area contributed by atoms with Crippen LogP contribution in [0.1, 0.15) is 12.0 Å². The number of rotatable bonds is 9. The quantitative estimate of drug-likeness (QED) is 0.684. The Labute approximate surface area is 137 Å². The van der Waals surface area contributed by atoms with Gasteiger partial charge in [0.1, 0.15) is 5.75 Å². The molecule has 0 amide bonds. The van der Waals surface area contributed by atoms with E-state index in [4.69, 9.17) is 4.74 Å². The van der Waals surface area contributed by atoms with E-state index in [0.717, 1.165) is 36.6 Å². The van der Waals surface area contributed by atoms with Crippen LogP contribution in [0.15, 0.2) is 30.5 Å². The molecule has 124 valence electrons. The second kappa shape index (κ2) is 8.89. The number of nitrogens with zero attached hydrogens (tertiary/aromatic N) is 4. The highest BCUT2D eigenvalue weighted by molar-refractivity contribution is 5.37. The topological polar surface area (TPSA) is 75.2 Å². The lowest BCUT2D eigenvalue weighted by Gasteiger charge is -2.10. The third kappa shape index (κ3) is 6.07. The van der Waals surface area contributed by atoms with Gasteiger partial charge in [0.2, 0.25) is 5.95 Å². The molecule has 0 spiro atoms. The van der Waals surface area contributed by atoms with E-state index in [9.17, 15) is 0 Å². The Morgan fingerprint density at radius 3 is 2.61 bits per heavy atom. The molecule has 0 saturated carbocycles. The van der Waals surface area contributed by atoms with E-state index in [1.807, 2.05) is 24.3 Å². The lowest BCUT2D eigenvalue weighted by Crippen LogP contribution is -2.17. The molecule has 1 aromatic carbocycles. The molecule has 0 aliphatic heterocycles. The average Bonchev–Trinajstić information content (AvgIpc) is 2.57. The Morgan fingerprint density at radius 1 is 1.13 bits per heavy atom. The van der Waals surface area contributed by atoms with Crippen molar-refractivity contribution >= 4 is 11.8 Å². The van der Waals surface area contributed by atoms with Gasteiger partial charge in [0.15, 0.2) is 5.82 Å². The lowest BCUT2D eigenvalue weighted by molar-refractivity contribution is 0.405. The van der Waals surface area contributed by atoms with Crippen LogP contribution in [-0.4, -0.2) is 54.4 Å². The van der Waals surface area contributed by atoms with Crippen LogP contribution < -0.4 is 15.4 Å². The van der Waals surface area contributed by atoms with Crippen LogP contribution in [0.5, 0.6) is 5.75 Å². The molecule has 2 rings (SSSR count). The molecule has 0 atom stereocenters. The number of methoxy groups -OCH3 is 1. The molecule has 0 aliphatic rings. The first-order chi connectivity index (χ1) is 11.2. The molecule has 0 unspecified atom stereocenters. The van der Waals surface area contributed by atoms with E-state index in [0.29, 0.717) is 12.5 Å². The molecule has 1 heterocycles. The molecule has 0 aliphatic carbocycles. The molecule has 2 aromatic rings. The Bertz CT molecular complexity index is 587. The van der Waals surface area contributed by atoms with Crippen LogP contribution >= 0.6 is 0 Å². The second-order valence-corrected chi connectivity index (χ2v) is 5.45. The molecular formula is C16H24N6O. The summed E-state index contributed by atoms with van der Waals surface area (Å²) in [4.78, 5) is 6.56. The van der Waals surface area contributed by atoms with Gasteiger partial charge in [-0.1, -0.05) is 12.1 Å². The van der Waals surface area contributed by atoms with Crippen LogP contribution in [0.4, 0.5) is 11.8 Å². The summed E-state index contributed by atoms with van der Waals surface area (Å²) in [5, 5.41) is 14.4. The van der Waals surface area contributed by atoms with Crippen LogP contribution in [-0.2, 0) is 6.54 Å². The van der Waals surface area contributed by atoms with Crippen molar-refractivity contribution in [1.82, 2.24) is 20.1 Å². The van der Waals surface area contributed by atoms with Crippen molar-refractivity contribution in [2.24, 2.45) is 0 Å². The molecule has 0 saturated heterocycles. The summed E-state index contributed by atoms with van der Waals surface area (Å²) in [5.41, 5.74) is 1.12. The minimum absolute atomic E-state index is 0.512. The van der Waals surface area contributed by atoms with Crippen molar-refractivity contribution in [2.75, 3.05) is 44.9 Å². The SMILES string of the molecule is COc1ccc(CNc2nncc(NCCCN(C)C)n2)cc1. The summed E-state index contributed by atoms with van der Waals surface area (Å²) < 4.78 is 5.14. The zero-order valence-corrected chi connectivity index (χ0v) is 13.9. The summed E-state index contributed by atoms with van der Waals surface area (Å²) in [6.07, 6.45) is 2.68. The first-order valence-corrected chi connectivity index (χ1v) is 7.62. The van der Waals surface area contributed by atoms with E-state index in [2.05, 4.69) is 44.8 Å². The number of hydrogen-bond donors (Lipinski definition) is 2. The predicted octanol–water partition coefficient (Wildman–Crippen LogP) is 1.86. The molecule has 7 nitrogen and oxygen atoms in total. The summed E-state index contributed by atoms with van der Waals surface area (Å²) in [5.74, 6) is 2.09. The second-order valence-electron chi connectivity index (χ2n) is 5.45. The predicted molar refractivity (Wildman–Crippen MR) is 91.8 cm³/mol. The Balaban J connectivity index is 1.81. The van der Waals surface area contributed by atoms with E-state index in [-0.39, 0.29) is 0 Å². The zero-order chi connectivity index (χ0) is 16.5. The van der Waals surface area contributed by atoms with Crippen LogP contribution in [0.3, 0.4) is 0 Å². The normalized spacial score (nSPS) is 10.6. The molecule has 1 aromatic heterocycles. The maximum Gasteiger partial charge on any atom is 0.244 e. The summed E-state index contributed by atoms with van der Waals surface area (Å²) >= 11 is 0. The molecular weight excluding hydrogens is 292 g/mol. The number of nitrogens with one attached hydrogen (secondary N) is 2. The fourth-order valence-corrected chi connectivity index (χ4v) is 2.00. The van der Waals surface area contributed by atoms with Gasteiger partial charge in [0.05, 0.1) is 13.3 Å². The Morgan fingerprint density at radius 2 is 1.91 bits per heavy atom.